The summed E-state index contributed by atoms with van der Waals surface area (Å²) in [5.41, 5.74) is 6.31. The number of carbonyl (C=O) groups is 1. The fourth-order valence-corrected chi connectivity index (χ4v) is 2.62. The molecule has 8 heteroatoms. The van der Waals surface area contributed by atoms with Crippen molar-refractivity contribution in [3.8, 4) is 0 Å². The van der Waals surface area contributed by atoms with E-state index in [0.717, 1.165) is 32.7 Å². The van der Waals surface area contributed by atoms with Gasteiger partial charge in [-0.1, -0.05) is 6.92 Å². The van der Waals surface area contributed by atoms with Crippen molar-refractivity contribution in [1.29, 1.82) is 0 Å². The van der Waals surface area contributed by atoms with Crippen molar-refractivity contribution in [2.75, 3.05) is 50.7 Å². The van der Waals surface area contributed by atoms with E-state index in [-0.39, 0.29) is 36.5 Å². The molecule has 3 N–H and O–H groups in total. The number of anilines is 1. The Morgan fingerprint density at radius 1 is 1.25 bits per heavy atom. The number of amides is 1. The Hall–Kier alpha value is -1.08. The van der Waals surface area contributed by atoms with E-state index < -0.39 is 0 Å². The minimum atomic E-state index is -0.337. The molecule has 0 aromatic heterocycles. The van der Waals surface area contributed by atoms with Crippen LogP contribution in [0.1, 0.15) is 23.7 Å². The van der Waals surface area contributed by atoms with Gasteiger partial charge in [-0.3, -0.25) is 4.79 Å². The normalized spacial score (nSPS) is 14.5. The van der Waals surface area contributed by atoms with Crippen LogP contribution >= 0.6 is 24.8 Å². The van der Waals surface area contributed by atoms with Gasteiger partial charge in [0.25, 0.3) is 5.91 Å². The summed E-state index contributed by atoms with van der Waals surface area (Å²) in [6.07, 6.45) is 0.716. The zero-order valence-corrected chi connectivity index (χ0v) is 15.6. The molecule has 1 heterocycles. The van der Waals surface area contributed by atoms with E-state index in [4.69, 9.17) is 5.73 Å². The maximum absolute atomic E-state index is 14.3. The summed E-state index contributed by atoms with van der Waals surface area (Å²) >= 11 is 0. The first kappa shape index (κ1) is 22.9. The fraction of sp³-hybridized carbons (Fsp3) is 0.562. The minimum absolute atomic E-state index is 0. The lowest BCUT2D eigenvalue weighted by Crippen LogP contribution is -2.46. The van der Waals surface area contributed by atoms with E-state index in [0.29, 0.717) is 30.8 Å². The van der Waals surface area contributed by atoms with Gasteiger partial charge in [0, 0.05) is 38.3 Å². The van der Waals surface area contributed by atoms with Gasteiger partial charge in [0.05, 0.1) is 5.69 Å². The summed E-state index contributed by atoms with van der Waals surface area (Å²) in [6, 6.07) is 4.70. The number of nitrogens with zero attached hydrogens (tertiary/aromatic N) is 2. The Balaban J connectivity index is 0.00000264. The Bertz CT molecular complexity index is 511. The van der Waals surface area contributed by atoms with E-state index in [1.807, 2.05) is 4.90 Å². The van der Waals surface area contributed by atoms with Crippen molar-refractivity contribution < 1.29 is 9.18 Å². The highest BCUT2D eigenvalue weighted by Crippen LogP contribution is 2.22. The molecule has 2 rings (SSSR count). The molecule has 0 bridgehead atoms. The first-order valence-corrected chi connectivity index (χ1v) is 7.90. The number of hydrogen-bond donors (Lipinski definition) is 2. The fourth-order valence-electron chi connectivity index (χ4n) is 2.62. The Labute approximate surface area is 155 Å². The first-order valence-electron chi connectivity index (χ1n) is 7.90. The van der Waals surface area contributed by atoms with Crippen LogP contribution in [-0.4, -0.2) is 56.6 Å². The van der Waals surface area contributed by atoms with Crippen LogP contribution in [-0.2, 0) is 0 Å². The lowest BCUT2D eigenvalue weighted by Gasteiger charge is -2.35. The average Bonchev–Trinajstić information content (AvgIpc) is 2.55. The predicted octanol–water partition coefficient (Wildman–Crippen LogP) is 1.89. The predicted molar refractivity (Wildman–Crippen MR) is 101 cm³/mol. The van der Waals surface area contributed by atoms with Gasteiger partial charge >= 0.3 is 0 Å². The number of benzene rings is 1. The van der Waals surface area contributed by atoms with E-state index >= 15 is 0 Å². The van der Waals surface area contributed by atoms with Crippen LogP contribution in [0, 0.1) is 5.82 Å². The number of nitrogens with one attached hydrogen (secondary N) is 1. The second-order valence-corrected chi connectivity index (χ2v) is 5.49. The van der Waals surface area contributed by atoms with E-state index in [9.17, 15) is 9.18 Å². The van der Waals surface area contributed by atoms with Crippen molar-refractivity contribution in [3.05, 3.63) is 29.6 Å². The molecule has 0 spiro atoms. The summed E-state index contributed by atoms with van der Waals surface area (Å²) in [5.74, 6) is -0.592. The molecule has 1 amide bonds. The highest BCUT2D eigenvalue weighted by atomic mass is 35.5. The molecule has 1 aromatic carbocycles. The van der Waals surface area contributed by atoms with Gasteiger partial charge in [-0.15, -0.1) is 24.8 Å². The lowest BCUT2D eigenvalue weighted by molar-refractivity contribution is 0.0953. The number of halogens is 3. The van der Waals surface area contributed by atoms with Gasteiger partial charge in [0.15, 0.2) is 0 Å². The largest absolute Gasteiger partial charge is 0.367 e. The highest BCUT2D eigenvalue weighted by molar-refractivity contribution is 5.94. The quantitative estimate of drug-likeness (QED) is 0.739. The zero-order chi connectivity index (χ0) is 15.9. The number of rotatable bonds is 6. The van der Waals surface area contributed by atoms with Crippen LogP contribution in [0.25, 0.3) is 0 Å². The molecule has 1 aliphatic heterocycles. The molecule has 0 aliphatic carbocycles. The molecule has 1 aromatic rings. The average molecular weight is 381 g/mol. The third-order valence-electron chi connectivity index (χ3n) is 4.04. The molecular formula is C16H27Cl2FN4O. The van der Waals surface area contributed by atoms with Crippen LogP contribution < -0.4 is 16.0 Å². The van der Waals surface area contributed by atoms with Gasteiger partial charge in [0.1, 0.15) is 5.82 Å². The molecule has 0 unspecified atom stereocenters. The van der Waals surface area contributed by atoms with Crippen LogP contribution in [0.5, 0.6) is 0 Å². The summed E-state index contributed by atoms with van der Waals surface area (Å²) in [5, 5.41) is 2.73. The number of likely N-dealkylation sites (N-methyl/N-ethyl adjacent to an activating group) is 1. The number of nitrogens with two attached hydrogens (primary N) is 1. The Kier molecular flexibility index (Phi) is 11.0. The smallest absolute Gasteiger partial charge is 0.251 e. The maximum Gasteiger partial charge on any atom is 0.251 e. The molecule has 0 saturated carbocycles. The molecule has 0 atom stereocenters. The van der Waals surface area contributed by atoms with E-state index in [1.54, 1.807) is 12.1 Å². The Morgan fingerprint density at radius 3 is 2.46 bits per heavy atom. The van der Waals surface area contributed by atoms with Gasteiger partial charge in [-0.2, -0.15) is 0 Å². The lowest BCUT2D eigenvalue weighted by atomic mass is 10.1. The van der Waals surface area contributed by atoms with E-state index in [1.165, 1.54) is 6.07 Å². The summed E-state index contributed by atoms with van der Waals surface area (Å²) in [6.45, 7) is 7.70. The van der Waals surface area contributed by atoms with E-state index in [2.05, 4.69) is 17.1 Å². The van der Waals surface area contributed by atoms with Crippen LogP contribution in [0.3, 0.4) is 0 Å². The van der Waals surface area contributed by atoms with Gasteiger partial charge in [0.2, 0.25) is 0 Å². The highest BCUT2D eigenvalue weighted by Gasteiger charge is 2.19. The molecular weight excluding hydrogens is 354 g/mol. The molecule has 1 aliphatic rings. The first-order chi connectivity index (χ1) is 10.7. The molecule has 1 fully saturated rings. The zero-order valence-electron chi connectivity index (χ0n) is 14.0. The van der Waals surface area contributed by atoms with Crippen molar-refractivity contribution in [2.45, 2.75) is 13.3 Å². The van der Waals surface area contributed by atoms with Crippen molar-refractivity contribution in [2.24, 2.45) is 5.73 Å². The third kappa shape index (κ3) is 6.09. The molecule has 24 heavy (non-hydrogen) atoms. The third-order valence-corrected chi connectivity index (χ3v) is 4.04. The summed E-state index contributed by atoms with van der Waals surface area (Å²) < 4.78 is 14.3. The minimum Gasteiger partial charge on any atom is -0.367 e. The van der Waals surface area contributed by atoms with Gasteiger partial charge in [-0.25, -0.2) is 4.39 Å². The molecule has 0 radical (unpaired) electrons. The monoisotopic (exact) mass is 380 g/mol. The van der Waals surface area contributed by atoms with Gasteiger partial charge < -0.3 is 20.9 Å². The Morgan fingerprint density at radius 2 is 1.92 bits per heavy atom. The molecule has 1 saturated heterocycles. The summed E-state index contributed by atoms with van der Waals surface area (Å²) in [4.78, 5) is 16.3. The van der Waals surface area contributed by atoms with Gasteiger partial charge in [-0.05, 0) is 37.7 Å². The van der Waals surface area contributed by atoms with Crippen LogP contribution in [0.4, 0.5) is 10.1 Å². The van der Waals surface area contributed by atoms with Crippen molar-refractivity contribution in [1.82, 2.24) is 10.2 Å². The van der Waals surface area contributed by atoms with Crippen molar-refractivity contribution in [3.63, 3.8) is 0 Å². The van der Waals surface area contributed by atoms with Crippen molar-refractivity contribution >= 4 is 36.4 Å². The SMILES string of the molecule is CCN1CCN(c2ccc(C(=O)NCCCN)cc2F)CC1.Cl.Cl. The second kappa shape index (κ2) is 11.5. The number of piperazine rings is 1. The van der Waals surface area contributed by atoms with Crippen LogP contribution in [0.2, 0.25) is 0 Å². The topological polar surface area (TPSA) is 61.6 Å². The van der Waals surface area contributed by atoms with Crippen LogP contribution in [0.15, 0.2) is 18.2 Å². The number of hydrogen-bond acceptors (Lipinski definition) is 4. The maximum atomic E-state index is 14.3. The molecule has 138 valence electrons. The second-order valence-electron chi connectivity index (χ2n) is 5.49. The summed E-state index contributed by atoms with van der Waals surface area (Å²) in [7, 11) is 0. The standard InChI is InChI=1S/C16H25FN4O.2ClH/c1-2-20-8-10-21(11-9-20)15-5-4-13(12-14(15)17)16(22)19-7-3-6-18;;/h4-5,12H,2-3,6-11,18H2,1H3,(H,19,22);2*1H. The number of carbonyl (C=O) groups excluding carboxylic acids is 1. The molecule has 5 nitrogen and oxygen atoms in total.